The molecule has 0 fully saturated rings. The Bertz CT molecular complexity index is 425. The molecule has 1 nitrogen and oxygen atoms in total. The first-order valence-corrected chi connectivity index (χ1v) is 5.97. The third-order valence-electron chi connectivity index (χ3n) is 2.94. The van der Waals surface area contributed by atoms with E-state index < -0.39 is 55.1 Å². The molecule has 0 atom stereocenters. The van der Waals surface area contributed by atoms with E-state index in [9.17, 15) is 57.1 Å². The van der Waals surface area contributed by atoms with Crippen LogP contribution < -0.4 is 5.73 Å². The minimum Gasteiger partial charge on any atom is -0.330 e. The Morgan fingerprint density at radius 3 is 1.21 bits per heavy atom. The molecule has 0 amide bonds. The van der Waals surface area contributed by atoms with E-state index in [1.54, 1.807) is 0 Å². The fourth-order valence-electron chi connectivity index (χ4n) is 1.45. The molecule has 0 unspecified atom stereocenters. The van der Waals surface area contributed by atoms with E-state index in [0.29, 0.717) is 0 Å². The van der Waals surface area contributed by atoms with E-state index in [0.717, 1.165) is 0 Å². The lowest BCUT2D eigenvalue weighted by Gasteiger charge is -2.39. The molecule has 0 heterocycles. The molecule has 0 radical (unpaired) electrons. The van der Waals surface area contributed by atoms with Crippen molar-refractivity contribution in [2.24, 2.45) is 5.73 Å². The van der Waals surface area contributed by atoms with Gasteiger partial charge in [-0.05, 0) is 19.4 Å². The maximum absolute atomic E-state index is 13.1. The second kappa shape index (κ2) is 6.41. The van der Waals surface area contributed by atoms with Crippen molar-refractivity contribution in [3.63, 3.8) is 0 Å². The highest BCUT2D eigenvalue weighted by atomic mass is 19.4. The summed E-state index contributed by atoms with van der Waals surface area (Å²) in [5, 5.41) is 0. The average molecular weight is 391 g/mol. The summed E-state index contributed by atoms with van der Waals surface area (Å²) < 4.78 is 164. The third-order valence-corrected chi connectivity index (χ3v) is 2.94. The Hall–Kier alpha value is -0.950. The topological polar surface area (TPSA) is 26.0 Å². The quantitative estimate of drug-likeness (QED) is 0.465. The molecule has 2 N–H and O–H groups in total. The monoisotopic (exact) mass is 391 g/mol. The van der Waals surface area contributed by atoms with Gasteiger partial charge in [0.25, 0.3) is 0 Å². The number of hydrogen-bond donors (Lipinski definition) is 1. The third kappa shape index (κ3) is 3.38. The van der Waals surface area contributed by atoms with Crippen molar-refractivity contribution in [3.05, 3.63) is 0 Å². The minimum atomic E-state index is -7.83. The smallest absolute Gasteiger partial charge is 0.330 e. The van der Waals surface area contributed by atoms with Gasteiger partial charge >= 0.3 is 35.8 Å². The van der Waals surface area contributed by atoms with Crippen LogP contribution in [0.15, 0.2) is 0 Å². The fourth-order valence-corrected chi connectivity index (χ4v) is 1.45. The van der Waals surface area contributed by atoms with Crippen LogP contribution in [-0.4, -0.2) is 42.3 Å². The number of halogens is 13. The molecule has 0 rings (SSSR count). The first-order valence-electron chi connectivity index (χ1n) is 5.97. The van der Waals surface area contributed by atoms with Crippen molar-refractivity contribution in [3.8, 4) is 0 Å². The van der Waals surface area contributed by atoms with Crippen molar-refractivity contribution in [1.82, 2.24) is 0 Å². The van der Waals surface area contributed by atoms with Crippen LogP contribution in [0.4, 0.5) is 57.1 Å². The lowest BCUT2D eigenvalue weighted by molar-refractivity contribution is -0.440. The summed E-state index contributed by atoms with van der Waals surface area (Å²) >= 11 is 0. The predicted octanol–water partition coefficient (Wildman–Crippen LogP) is 4.85. The lowest BCUT2D eigenvalue weighted by Crippen LogP contribution is -2.70. The first-order chi connectivity index (χ1) is 10.3. The van der Waals surface area contributed by atoms with Crippen LogP contribution in [0.3, 0.4) is 0 Å². The highest BCUT2D eigenvalue weighted by Gasteiger charge is 2.90. The van der Waals surface area contributed by atoms with Crippen LogP contribution in [0.2, 0.25) is 0 Å². The summed E-state index contributed by atoms with van der Waals surface area (Å²) in [4.78, 5) is 0. The fraction of sp³-hybridized carbons (Fsp3) is 1.00. The zero-order valence-corrected chi connectivity index (χ0v) is 11.3. The molecular formula is C10H10F13N. The zero-order valence-electron chi connectivity index (χ0n) is 11.3. The molecule has 14 heteroatoms. The Kier molecular flexibility index (Phi) is 6.15. The molecule has 146 valence electrons. The molecule has 0 saturated carbocycles. The van der Waals surface area contributed by atoms with E-state index in [-0.39, 0.29) is 6.54 Å². The van der Waals surface area contributed by atoms with Gasteiger partial charge in [0.2, 0.25) is 0 Å². The number of hydrogen-bond acceptors (Lipinski definition) is 1. The lowest BCUT2D eigenvalue weighted by atomic mass is 9.92. The highest BCUT2D eigenvalue weighted by molar-refractivity contribution is 5.10. The van der Waals surface area contributed by atoms with E-state index >= 15 is 0 Å². The maximum atomic E-state index is 13.1. The van der Waals surface area contributed by atoms with Gasteiger partial charge in [0.15, 0.2) is 0 Å². The maximum Gasteiger partial charge on any atom is 0.460 e. The van der Waals surface area contributed by atoms with Gasteiger partial charge in [-0.25, -0.2) is 0 Å². The second-order valence-electron chi connectivity index (χ2n) is 4.75. The van der Waals surface area contributed by atoms with Gasteiger partial charge in [0, 0.05) is 6.42 Å². The van der Waals surface area contributed by atoms with Crippen LogP contribution in [0.25, 0.3) is 0 Å². The molecule has 0 bridgehead atoms. The average Bonchev–Trinajstić information content (AvgIpc) is 2.36. The van der Waals surface area contributed by atoms with Crippen molar-refractivity contribution in [1.29, 1.82) is 0 Å². The summed E-state index contributed by atoms with van der Waals surface area (Å²) in [5.74, 6) is -36.4. The van der Waals surface area contributed by atoms with Crippen molar-refractivity contribution in [2.45, 2.75) is 55.1 Å². The van der Waals surface area contributed by atoms with Crippen LogP contribution in [-0.2, 0) is 0 Å². The van der Waals surface area contributed by atoms with Gasteiger partial charge < -0.3 is 5.73 Å². The molecular weight excluding hydrogens is 381 g/mol. The van der Waals surface area contributed by atoms with Gasteiger partial charge in [0.05, 0.1) is 0 Å². The Balaban J connectivity index is 5.92. The Morgan fingerprint density at radius 2 is 0.875 bits per heavy atom. The van der Waals surface area contributed by atoms with Crippen LogP contribution in [0.5, 0.6) is 0 Å². The van der Waals surface area contributed by atoms with E-state index in [1.165, 1.54) is 0 Å². The SMILES string of the molecule is NCCCCC(F)(F)C(F)(F)C(F)(F)C(F)(F)C(F)(F)C(F)(F)F. The molecule has 0 aromatic carbocycles. The largest absolute Gasteiger partial charge is 0.460 e. The van der Waals surface area contributed by atoms with Crippen molar-refractivity contribution < 1.29 is 57.1 Å². The van der Waals surface area contributed by atoms with Gasteiger partial charge in [-0.2, -0.15) is 57.1 Å². The van der Waals surface area contributed by atoms with Gasteiger partial charge in [-0.15, -0.1) is 0 Å². The van der Waals surface area contributed by atoms with E-state index in [4.69, 9.17) is 5.73 Å². The Labute approximate surface area is 126 Å². The molecule has 24 heavy (non-hydrogen) atoms. The second-order valence-corrected chi connectivity index (χ2v) is 4.75. The van der Waals surface area contributed by atoms with Crippen LogP contribution in [0, 0.1) is 0 Å². The standard InChI is InChI=1S/C10H10F13N/c11-5(12,3-1-2-4-24)6(13,14)7(15,16)8(17,18)9(19,20)10(21,22)23/h1-4,24H2. The molecule has 0 spiro atoms. The molecule has 0 aliphatic rings. The highest BCUT2D eigenvalue weighted by Crippen LogP contribution is 2.60. The number of rotatable bonds is 8. The van der Waals surface area contributed by atoms with Gasteiger partial charge in [-0.1, -0.05) is 0 Å². The summed E-state index contributed by atoms with van der Waals surface area (Å²) in [6, 6.07) is 0. The normalized spacial score (nSPS) is 15.8. The van der Waals surface area contributed by atoms with Crippen LogP contribution in [0.1, 0.15) is 19.3 Å². The molecule has 0 saturated heterocycles. The Morgan fingerprint density at radius 1 is 0.500 bits per heavy atom. The van der Waals surface area contributed by atoms with Crippen molar-refractivity contribution in [2.75, 3.05) is 6.54 Å². The summed E-state index contributed by atoms with van der Waals surface area (Å²) in [5.41, 5.74) is 4.80. The van der Waals surface area contributed by atoms with E-state index in [1.807, 2.05) is 0 Å². The molecule has 0 aromatic heterocycles. The van der Waals surface area contributed by atoms with Gasteiger partial charge in [-0.3, -0.25) is 0 Å². The zero-order chi connectivity index (χ0) is 19.8. The number of alkyl halides is 13. The van der Waals surface area contributed by atoms with Crippen molar-refractivity contribution >= 4 is 0 Å². The minimum absolute atomic E-state index is 0.375. The summed E-state index contributed by atoms with van der Waals surface area (Å²) in [6.07, 6.45) is -11.0. The number of nitrogens with two attached hydrogens (primary N) is 1. The molecule has 0 aliphatic heterocycles. The molecule has 0 aromatic rings. The van der Waals surface area contributed by atoms with Crippen LogP contribution >= 0.6 is 0 Å². The summed E-state index contributed by atoms with van der Waals surface area (Å²) in [7, 11) is 0. The molecule has 0 aliphatic carbocycles. The number of unbranched alkanes of at least 4 members (excludes halogenated alkanes) is 1. The van der Waals surface area contributed by atoms with Gasteiger partial charge in [0.1, 0.15) is 0 Å². The predicted molar refractivity (Wildman–Crippen MR) is 53.7 cm³/mol. The first kappa shape index (κ1) is 23.1. The summed E-state index contributed by atoms with van der Waals surface area (Å²) in [6.45, 7) is -0.375. The van der Waals surface area contributed by atoms with E-state index in [2.05, 4.69) is 0 Å².